The van der Waals surface area contributed by atoms with Gasteiger partial charge in [0.05, 0.1) is 18.1 Å². The summed E-state index contributed by atoms with van der Waals surface area (Å²) in [6, 6.07) is 12.4. The Labute approximate surface area is 165 Å². The van der Waals surface area contributed by atoms with Crippen molar-refractivity contribution in [1.82, 2.24) is 4.90 Å². The van der Waals surface area contributed by atoms with Gasteiger partial charge in [-0.3, -0.25) is 4.79 Å². The largest absolute Gasteiger partial charge is 0.494 e. The lowest BCUT2D eigenvalue weighted by atomic mass is 10.1. The van der Waals surface area contributed by atoms with Gasteiger partial charge in [-0.2, -0.15) is 0 Å². The van der Waals surface area contributed by atoms with Gasteiger partial charge in [-0.1, -0.05) is 25.1 Å². The number of ether oxygens (including phenoxy) is 1. The summed E-state index contributed by atoms with van der Waals surface area (Å²) in [6.45, 7) is 2.77. The van der Waals surface area contributed by atoms with E-state index in [0.717, 1.165) is 12.0 Å². The molecule has 0 bridgehead atoms. The second kappa shape index (κ2) is 8.73. The summed E-state index contributed by atoms with van der Waals surface area (Å²) in [5, 5.41) is 0. The van der Waals surface area contributed by atoms with Crippen molar-refractivity contribution in [1.29, 1.82) is 0 Å². The number of halogens is 1. The number of amides is 1. The van der Waals surface area contributed by atoms with Crippen molar-refractivity contribution in [3.63, 3.8) is 0 Å². The molecule has 1 amide bonds. The van der Waals surface area contributed by atoms with E-state index in [9.17, 15) is 17.6 Å². The van der Waals surface area contributed by atoms with Crippen LogP contribution < -0.4 is 4.74 Å². The molecule has 0 aromatic heterocycles. The minimum Gasteiger partial charge on any atom is -0.494 e. The molecule has 2 aromatic rings. The molecule has 1 aliphatic rings. The van der Waals surface area contributed by atoms with E-state index in [1.165, 1.54) is 12.1 Å². The van der Waals surface area contributed by atoms with E-state index < -0.39 is 15.9 Å². The second-order valence-corrected chi connectivity index (χ2v) is 9.22. The lowest BCUT2D eigenvalue weighted by molar-refractivity contribution is 0.0680. The van der Waals surface area contributed by atoms with E-state index in [1.54, 1.807) is 41.3 Å². The Kier molecular flexibility index (Phi) is 6.34. The van der Waals surface area contributed by atoms with E-state index >= 15 is 0 Å². The van der Waals surface area contributed by atoms with Crippen LogP contribution >= 0.6 is 0 Å². The first-order valence-corrected chi connectivity index (χ1v) is 11.2. The fraction of sp³-hybridized carbons (Fsp3) is 0.381. The molecule has 2 aromatic carbocycles. The number of hydrogen-bond donors (Lipinski definition) is 0. The summed E-state index contributed by atoms with van der Waals surface area (Å²) in [5.74, 6) is 0.0175. The summed E-state index contributed by atoms with van der Waals surface area (Å²) in [4.78, 5) is 14.8. The van der Waals surface area contributed by atoms with Gasteiger partial charge in [0.2, 0.25) is 0 Å². The Balaban J connectivity index is 1.87. The van der Waals surface area contributed by atoms with Crippen LogP contribution in [0.1, 0.15) is 35.7 Å². The van der Waals surface area contributed by atoms with Gasteiger partial charge in [0.15, 0.2) is 9.84 Å². The van der Waals surface area contributed by atoms with Crippen LogP contribution in [0, 0.1) is 5.82 Å². The number of sulfone groups is 1. The Bertz CT molecular complexity index is 928. The predicted molar refractivity (Wildman–Crippen MR) is 106 cm³/mol. The maximum Gasteiger partial charge on any atom is 0.254 e. The van der Waals surface area contributed by atoms with Crippen LogP contribution in [-0.4, -0.2) is 43.4 Å². The number of hydrogen-bond acceptors (Lipinski definition) is 4. The van der Waals surface area contributed by atoms with Crippen molar-refractivity contribution in [2.24, 2.45) is 0 Å². The molecule has 3 rings (SSSR count). The molecular weight excluding hydrogens is 381 g/mol. The van der Waals surface area contributed by atoms with Gasteiger partial charge in [-0.25, -0.2) is 12.8 Å². The SMILES string of the molecule is CCCOc1cccc(C(=O)N(Cc2ccc(F)cc2)C2CCS(=O)(=O)C2)c1. The normalized spacial score (nSPS) is 18.0. The van der Waals surface area contributed by atoms with Crippen molar-refractivity contribution < 1.29 is 22.3 Å². The highest BCUT2D eigenvalue weighted by molar-refractivity contribution is 7.91. The molecule has 1 saturated heterocycles. The fourth-order valence-electron chi connectivity index (χ4n) is 3.28. The maximum atomic E-state index is 13.2. The third kappa shape index (κ3) is 5.10. The third-order valence-electron chi connectivity index (χ3n) is 4.73. The summed E-state index contributed by atoms with van der Waals surface area (Å²) in [5.41, 5.74) is 1.19. The van der Waals surface area contributed by atoms with Gasteiger partial charge >= 0.3 is 0 Å². The van der Waals surface area contributed by atoms with E-state index in [2.05, 4.69) is 0 Å². The van der Waals surface area contributed by atoms with Gasteiger partial charge in [-0.05, 0) is 48.7 Å². The molecule has 0 saturated carbocycles. The Morgan fingerprint density at radius 2 is 1.96 bits per heavy atom. The molecule has 1 aliphatic heterocycles. The average molecular weight is 405 g/mol. The third-order valence-corrected chi connectivity index (χ3v) is 6.48. The highest BCUT2D eigenvalue weighted by Crippen LogP contribution is 2.24. The van der Waals surface area contributed by atoms with Gasteiger partial charge in [0.1, 0.15) is 11.6 Å². The van der Waals surface area contributed by atoms with Gasteiger partial charge in [0.25, 0.3) is 5.91 Å². The fourth-order valence-corrected chi connectivity index (χ4v) is 5.01. The van der Waals surface area contributed by atoms with Crippen molar-refractivity contribution in [2.45, 2.75) is 32.4 Å². The topological polar surface area (TPSA) is 63.7 Å². The second-order valence-electron chi connectivity index (χ2n) is 6.99. The first kappa shape index (κ1) is 20.3. The number of carbonyl (C=O) groups is 1. The summed E-state index contributed by atoms with van der Waals surface area (Å²) in [7, 11) is -3.15. The highest BCUT2D eigenvalue weighted by atomic mass is 32.2. The molecule has 0 aliphatic carbocycles. The van der Waals surface area contributed by atoms with Crippen LogP contribution in [-0.2, 0) is 16.4 Å². The highest BCUT2D eigenvalue weighted by Gasteiger charge is 2.35. The van der Waals surface area contributed by atoms with Gasteiger partial charge < -0.3 is 9.64 Å². The minimum atomic E-state index is -3.15. The first-order chi connectivity index (χ1) is 13.4. The van der Waals surface area contributed by atoms with E-state index in [-0.39, 0.29) is 29.8 Å². The zero-order valence-electron chi connectivity index (χ0n) is 15.8. The predicted octanol–water partition coefficient (Wildman–Crippen LogP) is 3.44. The Hall–Kier alpha value is -2.41. The molecule has 1 atom stereocenters. The van der Waals surface area contributed by atoms with Crippen molar-refractivity contribution in [3.05, 3.63) is 65.5 Å². The monoisotopic (exact) mass is 405 g/mol. The molecule has 1 fully saturated rings. The van der Waals surface area contributed by atoms with Gasteiger partial charge in [0, 0.05) is 18.2 Å². The average Bonchev–Trinajstić information content (AvgIpc) is 3.05. The quantitative estimate of drug-likeness (QED) is 0.708. The van der Waals surface area contributed by atoms with Crippen LogP contribution in [0.15, 0.2) is 48.5 Å². The number of benzene rings is 2. The van der Waals surface area contributed by atoms with Crippen molar-refractivity contribution >= 4 is 15.7 Å². The van der Waals surface area contributed by atoms with Crippen LogP contribution in [0.25, 0.3) is 0 Å². The number of carbonyl (C=O) groups excluding carboxylic acids is 1. The zero-order valence-corrected chi connectivity index (χ0v) is 16.6. The smallest absolute Gasteiger partial charge is 0.254 e. The summed E-state index contributed by atoms with van der Waals surface area (Å²) < 4.78 is 42.8. The molecule has 0 N–H and O–H groups in total. The van der Waals surface area contributed by atoms with E-state index in [1.807, 2.05) is 6.92 Å². The van der Waals surface area contributed by atoms with Crippen LogP contribution in [0.4, 0.5) is 4.39 Å². The molecule has 0 spiro atoms. The molecule has 7 heteroatoms. The lowest BCUT2D eigenvalue weighted by Crippen LogP contribution is -2.40. The van der Waals surface area contributed by atoms with E-state index in [0.29, 0.717) is 24.3 Å². The maximum absolute atomic E-state index is 13.2. The molecule has 0 radical (unpaired) electrons. The van der Waals surface area contributed by atoms with Gasteiger partial charge in [-0.15, -0.1) is 0 Å². The molecule has 28 heavy (non-hydrogen) atoms. The van der Waals surface area contributed by atoms with Crippen molar-refractivity contribution in [3.8, 4) is 5.75 Å². The molecule has 5 nitrogen and oxygen atoms in total. The Morgan fingerprint density at radius 3 is 2.61 bits per heavy atom. The summed E-state index contributed by atoms with van der Waals surface area (Å²) >= 11 is 0. The van der Waals surface area contributed by atoms with Crippen LogP contribution in [0.3, 0.4) is 0 Å². The molecular formula is C21H24FNO4S. The van der Waals surface area contributed by atoms with Crippen LogP contribution in [0.5, 0.6) is 5.75 Å². The van der Waals surface area contributed by atoms with Crippen molar-refractivity contribution in [2.75, 3.05) is 18.1 Å². The molecule has 1 unspecified atom stereocenters. The van der Waals surface area contributed by atoms with E-state index in [4.69, 9.17) is 4.74 Å². The first-order valence-electron chi connectivity index (χ1n) is 9.36. The standard InChI is InChI=1S/C21H24FNO4S/c1-2-11-27-20-5-3-4-17(13-20)21(24)23(19-10-12-28(25,26)15-19)14-16-6-8-18(22)9-7-16/h3-9,13,19H,2,10-12,14-15H2,1H3. The lowest BCUT2D eigenvalue weighted by Gasteiger charge is -2.28. The molecule has 1 heterocycles. The number of rotatable bonds is 7. The zero-order chi connectivity index (χ0) is 20.1. The molecule has 150 valence electrons. The Morgan fingerprint density at radius 1 is 1.21 bits per heavy atom. The van der Waals surface area contributed by atoms with Crippen LogP contribution in [0.2, 0.25) is 0 Å². The minimum absolute atomic E-state index is 0.0496. The number of nitrogens with zero attached hydrogens (tertiary/aromatic N) is 1. The summed E-state index contributed by atoms with van der Waals surface area (Å²) in [6.07, 6.45) is 1.26.